The molecule has 2 unspecified atom stereocenters. The normalized spacial score (nSPS) is 29.9. The van der Waals surface area contributed by atoms with E-state index >= 15 is 0 Å². The number of aromatic nitrogens is 4. The van der Waals surface area contributed by atoms with E-state index in [1.165, 1.54) is 32.4 Å². The summed E-state index contributed by atoms with van der Waals surface area (Å²) < 4.78 is 7.94. The third-order valence-corrected chi connectivity index (χ3v) is 7.67. The summed E-state index contributed by atoms with van der Waals surface area (Å²) in [5.41, 5.74) is 2.89. The third kappa shape index (κ3) is 3.88. The number of anilines is 1. The van der Waals surface area contributed by atoms with Gasteiger partial charge in [0.05, 0.1) is 11.3 Å². The van der Waals surface area contributed by atoms with Crippen LogP contribution in [-0.4, -0.2) is 61.9 Å². The molecule has 0 spiro atoms. The molecule has 3 aromatic heterocycles. The smallest absolute Gasteiger partial charge is 0.148 e. The van der Waals surface area contributed by atoms with Gasteiger partial charge in [0.1, 0.15) is 11.5 Å². The molecule has 0 aromatic carbocycles. The minimum atomic E-state index is 0.0278. The van der Waals surface area contributed by atoms with Crippen molar-refractivity contribution in [3.05, 3.63) is 42.9 Å². The summed E-state index contributed by atoms with van der Waals surface area (Å²) in [5.74, 6) is 2.48. The molecule has 3 aromatic rings. The molecule has 32 heavy (non-hydrogen) atoms. The van der Waals surface area contributed by atoms with Crippen LogP contribution < -0.4 is 5.32 Å². The monoisotopic (exact) mass is 432 g/mol. The molecule has 1 N–H and O–H groups in total. The fourth-order valence-corrected chi connectivity index (χ4v) is 6.11. The zero-order chi connectivity index (χ0) is 21.7. The predicted molar refractivity (Wildman–Crippen MR) is 124 cm³/mol. The van der Waals surface area contributed by atoms with Gasteiger partial charge in [-0.15, -0.1) is 10.2 Å². The third-order valence-electron chi connectivity index (χ3n) is 7.67. The number of ether oxygens (including phenoxy) is 1. The summed E-state index contributed by atoms with van der Waals surface area (Å²) in [5, 5.41) is 12.6. The first-order chi connectivity index (χ1) is 15.5. The van der Waals surface area contributed by atoms with E-state index in [4.69, 9.17) is 4.74 Å². The number of nitrogens with one attached hydrogen (secondary N) is 1. The number of likely N-dealkylation sites (tertiary alicyclic amines) is 1. The van der Waals surface area contributed by atoms with Crippen LogP contribution in [0.25, 0.3) is 16.9 Å². The molecule has 3 aliphatic rings. The highest BCUT2D eigenvalue weighted by Gasteiger charge is 2.44. The Morgan fingerprint density at radius 3 is 2.66 bits per heavy atom. The van der Waals surface area contributed by atoms with Crippen molar-refractivity contribution in [2.24, 2.45) is 11.8 Å². The number of nitrogens with zero attached hydrogens (tertiary/aromatic N) is 5. The fourth-order valence-electron chi connectivity index (χ4n) is 6.11. The first-order valence-electron chi connectivity index (χ1n) is 11.9. The molecule has 7 heteroatoms. The first kappa shape index (κ1) is 20.1. The molecule has 4 atom stereocenters. The highest BCUT2D eigenvalue weighted by Crippen LogP contribution is 2.41. The summed E-state index contributed by atoms with van der Waals surface area (Å²) in [6, 6.07) is 9.35. The number of fused-ring (bicyclic) bond motifs is 2. The zero-order valence-corrected chi connectivity index (χ0v) is 18.9. The molecule has 3 fully saturated rings. The van der Waals surface area contributed by atoms with E-state index in [1.54, 1.807) is 6.20 Å². The molecule has 1 aliphatic carbocycles. The summed E-state index contributed by atoms with van der Waals surface area (Å²) >= 11 is 0. The van der Waals surface area contributed by atoms with Crippen molar-refractivity contribution in [1.29, 1.82) is 0 Å². The summed E-state index contributed by atoms with van der Waals surface area (Å²) in [6.45, 7) is 7.85. The molecular formula is C25H32N6O. The van der Waals surface area contributed by atoms with Crippen molar-refractivity contribution in [2.45, 2.75) is 57.2 Å². The average molecular weight is 433 g/mol. The molecule has 1 saturated carbocycles. The van der Waals surface area contributed by atoms with Crippen molar-refractivity contribution in [3.8, 4) is 11.3 Å². The lowest BCUT2D eigenvalue weighted by atomic mass is 9.93. The number of hydrogen-bond donors (Lipinski definition) is 1. The van der Waals surface area contributed by atoms with Crippen LogP contribution >= 0.6 is 0 Å². The number of imidazole rings is 1. The van der Waals surface area contributed by atoms with Crippen molar-refractivity contribution in [2.75, 3.05) is 25.0 Å². The van der Waals surface area contributed by atoms with Crippen LogP contribution in [0.2, 0.25) is 0 Å². The van der Waals surface area contributed by atoms with E-state index in [2.05, 4.69) is 51.4 Å². The van der Waals surface area contributed by atoms with E-state index in [0.29, 0.717) is 12.1 Å². The Bertz CT molecular complexity index is 1080. The van der Waals surface area contributed by atoms with Gasteiger partial charge in [0.2, 0.25) is 0 Å². The van der Waals surface area contributed by atoms with E-state index in [0.717, 1.165) is 47.6 Å². The van der Waals surface area contributed by atoms with Gasteiger partial charge in [-0.25, -0.2) is 4.98 Å². The van der Waals surface area contributed by atoms with Crippen LogP contribution in [0.4, 0.5) is 5.82 Å². The zero-order valence-electron chi connectivity index (χ0n) is 18.9. The standard InChI is InChI=1S/C25H32N6O/c1-25(2)13-21(7-10-32-25)31-15-18-11-20(12-19(18)16-31)27-23-5-4-22(28-29-23)17-3-6-24-26-8-9-30(24)14-17/h3-6,8-9,14,18-21H,7,10-13,15-16H2,1-2H3,(H,27,29)/t18-,19+,20?,21?. The Morgan fingerprint density at radius 2 is 1.91 bits per heavy atom. The van der Waals surface area contributed by atoms with Crippen LogP contribution in [-0.2, 0) is 4.74 Å². The lowest BCUT2D eigenvalue weighted by Crippen LogP contribution is -2.45. The van der Waals surface area contributed by atoms with Gasteiger partial charge in [0.25, 0.3) is 0 Å². The molecule has 0 bridgehead atoms. The van der Waals surface area contributed by atoms with Crippen LogP contribution in [0.5, 0.6) is 0 Å². The Labute approximate surface area is 189 Å². The van der Waals surface area contributed by atoms with Crippen LogP contribution in [0.15, 0.2) is 42.9 Å². The Balaban J connectivity index is 1.05. The lowest BCUT2D eigenvalue weighted by molar-refractivity contribution is -0.0811. The Kier molecular flexibility index (Phi) is 4.91. The molecule has 7 nitrogen and oxygen atoms in total. The maximum absolute atomic E-state index is 5.93. The summed E-state index contributed by atoms with van der Waals surface area (Å²) in [6.07, 6.45) is 10.6. The second kappa shape index (κ2) is 7.81. The summed E-state index contributed by atoms with van der Waals surface area (Å²) in [7, 11) is 0. The van der Waals surface area contributed by atoms with Crippen LogP contribution in [0, 0.1) is 11.8 Å². The molecule has 0 radical (unpaired) electrons. The topological polar surface area (TPSA) is 67.6 Å². The highest BCUT2D eigenvalue weighted by atomic mass is 16.5. The molecule has 2 aliphatic heterocycles. The number of pyridine rings is 1. The minimum Gasteiger partial charge on any atom is -0.375 e. The molecule has 0 amide bonds. The average Bonchev–Trinajstić information content (AvgIpc) is 3.48. The summed E-state index contributed by atoms with van der Waals surface area (Å²) in [4.78, 5) is 7.05. The van der Waals surface area contributed by atoms with Gasteiger partial charge in [-0.1, -0.05) is 0 Å². The van der Waals surface area contributed by atoms with Gasteiger partial charge in [-0.05, 0) is 75.6 Å². The quantitative estimate of drug-likeness (QED) is 0.675. The van der Waals surface area contributed by atoms with E-state index in [1.807, 2.05) is 28.9 Å². The Morgan fingerprint density at radius 1 is 1.06 bits per heavy atom. The molecule has 2 saturated heterocycles. The second-order valence-corrected chi connectivity index (χ2v) is 10.5. The first-order valence-corrected chi connectivity index (χ1v) is 11.9. The molecule has 6 rings (SSSR count). The van der Waals surface area contributed by atoms with E-state index < -0.39 is 0 Å². The van der Waals surface area contributed by atoms with Crippen molar-refractivity contribution in [3.63, 3.8) is 0 Å². The minimum absolute atomic E-state index is 0.0278. The van der Waals surface area contributed by atoms with Crippen molar-refractivity contribution in [1.82, 2.24) is 24.5 Å². The van der Waals surface area contributed by atoms with Gasteiger partial charge in [0.15, 0.2) is 0 Å². The van der Waals surface area contributed by atoms with E-state index in [9.17, 15) is 0 Å². The van der Waals surface area contributed by atoms with Gasteiger partial charge in [-0.2, -0.15) is 0 Å². The fraction of sp³-hybridized carbons (Fsp3) is 0.560. The van der Waals surface area contributed by atoms with Crippen molar-refractivity contribution >= 4 is 11.5 Å². The number of rotatable bonds is 4. The molecule has 168 valence electrons. The van der Waals surface area contributed by atoms with Crippen molar-refractivity contribution < 1.29 is 4.74 Å². The van der Waals surface area contributed by atoms with Gasteiger partial charge < -0.3 is 14.5 Å². The van der Waals surface area contributed by atoms with E-state index in [-0.39, 0.29) is 5.60 Å². The maximum atomic E-state index is 5.93. The SMILES string of the molecule is CC1(C)CC(N2C[C@H]3CC(Nc4ccc(-c5ccc6nccn6c5)nn4)C[C@H]3C2)CCO1. The largest absolute Gasteiger partial charge is 0.375 e. The molecular weight excluding hydrogens is 400 g/mol. The lowest BCUT2D eigenvalue weighted by Gasteiger charge is -2.40. The van der Waals surface area contributed by atoms with Gasteiger partial charge in [0, 0.05) is 55.9 Å². The van der Waals surface area contributed by atoms with Crippen LogP contribution in [0.3, 0.4) is 0 Å². The maximum Gasteiger partial charge on any atom is 0.148 e. The van der Waals surface area contributed by atoms with Gasteiger partial charge in [-0.3, -0.25) is 4.90 Å². The van der Waals surface area contributed by atoms with Crippen LogP contribution in [0.1, 0.15) is 39.5 Å². The number of hydrogen-bond acceptors (Lipinski definition) is 6. The van der Waals surface area contributed by atoms with Gasteiger partial charge >= 0.3 is 0 Å². The second-order valence-electron chi connectivity index (χ2n) is 10.5. The highest BCUT2D eigenvalue weighted by molar-refractivity contribution is 5.61. The molecule has 5 heterocycles. The Hall–Kier alpha value is -2.51. The predicted octanol–water partition coefficient (Wildman–Crippen LogP) is 3.87.